The summed E-state index contributed by atoms with van der Waals surface area (Å²) in [5, 5.41) is 5.17. The van der Waals surface area contributed by atoms with Gasteiger partial charge in [-0.1, -0.05) is 183 Å². The summed E-state index contributed by atoms with van der Waals surface area (Å²) in [6, 6.07) is 75.3. The van der Waals surface area contributed by atoms with Gasteiger partial charge in [0.25, 0.3) is 0 Å². The molecule has 0 N–H and O–H groups in total. The van der Waals surface area contributed by atoms with Gasteiger partial charge in [0.1, 0.15) is 0 Å². The Morgan fingerprint density at radius 2 is 1.06 bits per heavy atom. The summed E-state index contributed by atoms with van der Waals surface area (Å²) >= 11 is 1.88. The van der Waals surface area contributed by atoms with Crippen LogP contribution < -0.4 is 4.90 Å². The lowest BCUT2D eigenvalue weighted by molar-refractivity contribution is 0.674. The fourth-order valence-corrected chi connectivity index (χ4v) is 12.4. The molecule has 1 nitrogen and oxygen atoms in total. The van der Waals surface area contributed by atoms with Gasteiger partial charge in [0.2, 0.25) is 0 Å². The number of hydrogen-bond acceptors (Lipinski definition) is 2. The molecule has 3 aliphatic carbocycles. The molecule has 10 aromatic rings. The summed E-state index contributed by atoms with van der Waals surface area (Å²) in [6.07, 6.45) is 5.74. The highest BCUT2D eigenvalue weighted by Gasteiger charge is 2.52. The van der Waals surface area contributed by atoms with Gasteiger partial charge in [-0.15, -0.1) is 11.3 Å². The van der Waals surface area contributed by atoms with Gasteiger partial charge in [0.15, 0.2) is 0 Å². The number of benzene rings is 9. The topological polar surface area (TPSA) is 3.24 Å². The standard InChI is InChI=1S/C60H41NS/c1-38-15-12-24-45(41-33-36-57-50(37-41)48-21-7-11-30-56(48)62-57)59(38)61(42-34-31-40(32-35-42)44-23-13-17-39-16-2-3-18-43(39)44)55-29-14-28-54-58(55)49-22-6-10-27-53(49)60(54)51-25-8-4-19-46(51)47-20-5-9-26-52(47)60/h2-14,16-38H,15H2,1H3. The number of hydrogen-bond donors (Lipinski definition) is 0. The summed E-state index contributed by atoms with van der Waals surface area (Å²) in [7, 11) is 0. The van der Waals surface area contributed by atoms with Gasteiger partial charge in [-0.25, -0.2) is 0 Å². The van der Waals surface area contributed by atoms with E-state index in [0.29, 0.717) is 0 Å². The van der Waals surface area contributed by atoms with E-state index in [9.17, 15) is 0 Å². The zero-order valence-electron chi connectivity index (χ0n) is 34.3. The Labute approximate surface area is 366 Å². The van der Waals surface area contributed by atoms with E-state index in [-0.39, 0.29) is 5.92 Å². The van der Waals surface area contributed by atoms with Crippen LogP contribution in [-0.2, 0) is 5.41 Å². The van der Waals surface area contributed by atoms with Crippen molar-refractivity contribution in [3.05, 3.63) is 246 Å². The first kappa shape index (κ1) is 35.5. The second-order valence-corrected chi connectivity index (χ2v) is 18.2. The van der Waals surface area contributed by atoms with Crippen molar-refractivity contribution in [2.24, 2.45) is 5.92 Å². The Bertz CT molecular complexity index is 3480. The zero-order valence-corrected chi connectivity index (χ0v) is 35.2. The molecule has 0 aliphatic heterocycles. The molecule has 1 atom stereocenters. The molecule has 0 bridgehead atoms. The Morgan fingerprint density at radius 3 is 1.85 bits per heavy atom. The van der Waals surface area contributed by atoms with Crippen LogP contribution in [0.25, 0.3) is 69.9 Å². The lowest BCUT2D eigenvalue weighted by atomic mass is 9.70. The molecule has 0 saturated carbocycles. The average Bonchev–Trinajstić information content (AvgIpc) is 3.96. The van der Waals surface area contributed by atoms with Crippen molar-refractivity contribution in [3.8, 4) is 33.4 Å². The molecule has 1 spiro atoms. The second-order valence-electron chi connectivity index (χ2n) is 17.1. The first-order chi connectivity index (χ1) is 30.7. The lowest BCUT2D eigenvalue weighted by Crippen LogP contribution is -2.27. The molecule has 0 amide bonds. The van der Waals surface area contributed by atoms with Crippen LogP contribution in [0.5, 0.6) is 0 Å². The van der Waals surface area contributed by atoms with Gasteiger partial charge in [-0.2, -0.15) is 0 Å². The predicted molar refractivity (Wildman–Crippen MR) is 263 cm³/mol. The zero-order chi connectivity index (χ0) is 40.9. The molecular weight excluding hydrogens is 767 g/mol. The minimum absolute atomic E-state index is 0.247. The highest BCUT2D eigenvalue weighted by atomic mass is 32.1. The Morgan fingerprint density at radius 1 is 0.484 bits per heavy atom. The van der Waals surface area contributed by atoms with Crippen molar-refractivity contribution in [2.45, 2.75) is 18.8 Å². The predicted octanol–water partition coefficient (Wildman–Crippen LogP) is 16.4. The van der Waals surface area contributed by atoms with Crippen LogP contribution in [0.3, 0.4) is 0 Å². The molecule has 292 valence electrons. The van der Waals surface area contributed by atoms with Gasteiger partial charge in [-0.3, -0.25) is 0 Å². The third-order valence-electron chi connectivity index (χ3n) is 13.9. The van der Waals surface area contributed by atoms with Gasteiger partial charge < -0.3 is 4.90 Å². The molecule has 13 rings (SSSR count). The molecule has 1 heterocycles. The van der Waals surface area contributed by atoms with E-state index in [1.54, 1.807) is 0 Å². The van der Waals surface area contributed by atoms with E-state index in [4.69, 9.17) is 0 Å². The van der Waals surface area contributed by atoms with Crippen LogP contribution >= 0.6 is 11.3 Å². The minimum atomic E-state index is -0.431. The lowest BCUT2D eigenvalue weighted by Gasteiger charge is -2.37. The van der Waals surface area contributed by atoms with E-state index in [2.05, 4.69) is 224 Å². The Kier molecular flexibility index (Phi) is 7.80. The van der Waals surface area contributed by atoms with Crippen molar-refractivity contribution in [3.63, 3.8) is 0 Å². The molecule has 0 fully saturated rings. The van der Waals surface area contributed by atoms with E-state index in [1.807, 2.05) is 11.3 Å². The van der Waals surface area contributed by atoms with Crippen LogP contribution in [-0.4, -0.2) is 0 Å². The maximum Gasteiger partial charge on any atom is 0.0726 e. The van der Waals surface area contributed by atoms with Gasteiger partial charge >= 0.3 is 0 Å². The molecule has 1 unspecified atom stereocenters. The van der Waals surface area contributed by atoms with Crippen LogP contribution in [0.1, 0.15) is 41.2 Å². The number of rotatable bonds is 5. The fourth-order valence-electron chi connectivity index (χ4n) is 11.3. The van der Waals surface area contributed by atoms with Crippen LogP contribution in [0.15, 0.2) is 218 Å². The summed E-state index contributed by atoms with van der Waals surface area (Å²) in [6.45, 7) is 2.41. The molecule has 2 heteroatoms. The highest BCUT2D eigenvalue weighted by Crippen LogP contribution is 2.64. The number of fused-ring (bicyclic) bond motifs is 14. The van der Waals surface area contributed by atoms with Crippen LogP contribution in [0.4, 0.5) is 11.4 Å². The molecule has 1 aromatic heterocycles. The van der Waals surface area contributed by atoms with Crippen molar-refractivity contribution in [2.75, 3.05) is 4.90 Å². The average molecular weight is 808 g/mol. The maximum absolute atomic E-state index is 2.63. The second kappa shape index (κ2) is 13.6. The van der Waals surface area contributed by atoms with Crippen molar-refractivity contribution in [1.82, 2.24) is 0 Å². The van der Waals surface area contributed by atoms with E-state index in [0.717, 1.165) is 12.1 Å². The smallest absolute Gasteiger partial charge is 0.0726 e. The molecule has 0 radical (unpaired) electrons. The maximum atomic E-state index is 2.63. The molecular formula is C60H41NS. The van der Waals surface area contributed by atoms with Crippen LogP contribution in [0, 0.1) is 5.92 Å². The van der Waals surface area contributed by atoms with Crippen molar-refractivity contribution >= 4 is 59.2 Å². The normalized spacial score (nSPS) is 15.6. The Hall–Kier alpha value is -7.26. The first-order valence-electron chi connectivity index (χ1n) is 21.8. The monoisotopic (exact) mass is 807 g/mol. The largest absolute Gasteiger partial charge is 0.313 e. The van der Waals surface area contributed by atoms with Crippen LogP contribution in [0.2, 0.25) is 0 Å². The highest BCUT2D eigenvalue weighted by molar-refractivity contribution is 7.25. The molecule has 9 aromatic carbocycles. The van der Waals surface area contributed by atoms with Gasteiger partial charge in [0.05, 0.1) is 11.1 Å². The Balaban J connectivity index is 1.09. The number of anilines is 2. The SMILES string of the molecule is CC1CC=CC(c2ccc3sc4ccccc4c3c2)=C1N(c1ccc(-c2cccc3ccccc23)cc1)c1cccc2c1-c1ccccc1C21c2ccccc2-c2ccccc21. The van der Waals surface area contributed by atoms with Crippen molar-refractivity contribution < 1.29 is 0 Å². The molecule has 0 saturated heterocycles. The number of thiophene rings is 1. The summed E-state index contributed by atoms with van der Waals surface area (Å²) in [5.74, 6) is 0.247. The fraction of sp³-hybridized carbons (Fsp3) is 0.0667. The van der Waals surface area contributed by atoms with E-state index in [1.165, 1.54) is 109 Å². The number of nitrogens with zero attached hydrogens (tertiary/aromatic N) is 1. The quantitative estimate of drug-likeness (QED) is 0.167. The van der Waals surface area contributed by atoms with Gasteiger partial charge in [0, 0.05) is 48.6 Å². The van der Waals surface area contributed by atoms with E-state index < -0.39 is 5.41 Å². The molecule has 62 heavy (non-hydrogen) atoms. The van der Waals surface area contributed by atoms with Crippen molar-refractivity contribution in [1.29, 1.82) is 0 Å². The first-order valence-corrected chi connectivity index (χ1v) is 22.6. The molecule has 3 aliphatic rings. The summed E-state index contributed by atoms with van der Waals surface area (Å²) in [4.78, 5) is 2.63. The third kappa shape index (κ3) is 4.96. The third-order valence-corrected chi connectivity index (χ3v) is 15.1. The van der Waals surface area contributed by atoms with Gasteiger partial charge in [-0.05, 0) is 109 Å². The number of allylic oxidation sites excluding steroid dienone is 4. The summed E-state index contributed by atoms with van der Waals surface area (Å²) in [5.41, 5.74) is 18.9. The minimum Gasteiger partial charge on any atom is -0.313 e. The summed E-state index contributed by atoms with van der Waals surface area (Å²) < 4.78 is 2.66. The van der Waals surface area contributed by atoms with E-state index >= 15 is 0 Å².